The summed E-state index contributed by atoms with van der Waals surface area (Å²) < 4.78 is 2.21. The Balaban J connectivity index is 1.91. The molecule has 1 aromatic heterocycles. The summed E-state index contributed by atoms with van der Waals surface area (Å²) in [5.41, 5.74) is 3.78. The van der Waals surface area contributed by atoms with E-state index in [1.54, 1.807) is 0 Å². The molecule has 0 unspecified atom stereocenters. The van der Waals surface area contributed by atoms with Crippen molar-refractivity contribution in [2.45, 2.75) is 33.2 Å². The maximum absolute atomic E-state index is 12.7. The van der Waals surface area contributed by atoms with E-state index >= 15 is 0 Å². The molecule has 0 saturated carbocycles. The van der Waals surface area contributed by atoms with Crippen LogP contribution in [0.2, 0.25) is 0 Å². The molecule has 0 atom stereocenters. The average Bonchev–Trinajstić information content (AvgIpc) is 2.80. The van der Waals surface area contributed by atoms with Crippen molar-refractivity contribution >= 4 is 16.8 Å². The Morgan fingerprint density at radius 2 is 1.87 bits per heavy atom. The molecule has 1 N–H and O–H groups in total. The molecule has 0 radical (unpaired) electrons. The fourth-order valence-electron chi connectivity index (χ4n) is 3.76. The van der Waals surface area contributed by atoms with E-state index in [9.17, 15) is 4.79 Å². The van der Waals surface area contributed by atoms with Gasteiger partial charge in [-0.2, -0.15) is 0 Å². The van der Waals surface area contributed by atoms with Crippen LogP contribution in [0.3, 0.4) is 0 Å². The first-order valence-electron chi connectivity index (χ1n) is 8.66. The largest absolute Gasteiger partial charge is 0.335 e. The number of fused-ring (bicyclic) bond motifs is 1. The number of aromatic nitrogens is 1. The molecule has 1 aliphatic rings. The van der Waals surface area contributed by atoms with Crippen molar-refractivity contribution in [2.24, 2.45) is 0 Å². The lowest BCUT2D eigenvalue weighted by Gasteiger charge is -2.30. The molecule has 0 bridgehead atoms. The first kappa shape index (κ1) is 16.1. The van der Waals surface area contributed by atoms with Crippen LogP contribution in [0.5, 0.6) is 0 Å². The Kier molecular flexibility index (Phi) is 4.44. The first-order chi connectivity index (χ1) is 11.0. The summed E-state index contributed by atoms with van der Waals surface area (Å²) in [4.78, 5) is 16.3. The van der Waals surface area contributed by atoms with Gasteiger partial charge in [-0.3, -0.25) is 4.79 Å². The monoisotopic (exact) mass is 314 g/mol. The number of likely N-dealkylation sites (N-methyl/N-ethyl adjacent to an activating group) is 1. The molecule has 4 nitrogen and oxygen atoms in total. The topological polar surface area (TPSA) is 29.7 Å². The van der Waals surface area contributed by atoms with Gasteiger partial charge in [-0.15, -0.1) is 0 Å². The van der Waals surface area contributed by atoms with Crippen LogP contribution in [0.15, 0.2) is 24.3 Å². The van der Waals surface area contributed by atoms with Gasteiger partial charge in [0.1, 0.15) is 6.54 Å². The SMILES string of the molecule is Cc1c(C(C)C)c2ccccc2n1CC(=O)N1CC[NH+](C)CC1. The van der Waals surface area contributed by atoms with Gasteiger partial charge in [0.25, 0.3) is 0 Å². The Morgan fingerprint density at radius 1 is 1.22 bits per heavy atom. The third-order valence-electron chi connectivity index (χ3n) is 5.12. The van der Waals surface area contributed by atoms with Crippen molar-refractivity contribution in [2.75, 3.05) is 33.2 Å². The van der Waals surface area contributed by atoms with Crippen LogP contribution in [0.4, 0.5) is 0 Å². The number of quaternary nitrogens is 1. The van der Waals surface area contributed by atoms with E-state index in [1.165, 1.54) is 27.1 Å². The zero-order chi connectivity index (χ0) is 16.6. The number of hydrogen-bond donors (Lipinski definition) is 1. The highest BCUT2D eigenvalue weighted by atomic mass is 16.2. The molecule has 3 rings (SSSR count). The van der Waals surface area contributed by atoms with E-state index in [0.717, 1.165) is 26.2 Å². The third-order valence-corrected chi connectivity index (χ3v) is 5.12. The molecule has 0 aliphatic carbocycles. The molecule has 1 fully saturated rings. The molecule has 2 heterocycles. The maximum atomic E-state index is 12.7. The lowest BCUT2D eigenvalue weighted by Crippen LogP contribution is -3.12. The van der Waals surface area contributed by atoms with Crippen LogP contribution in [-0.2, 0) is 11.3 Å². The number of carbonyl (C=O) groups excluding carboxylic acids is 1. The third kappa shape index (κ3) is 3.00. The summed E-state index contributed by atoms with van der Waals surface area (Å²) in [5.74, 6) is 0.708. The van der Waals surface area contributed by atoms with E-state index in [1.807, 2.05) is 4.90 Å². The summed E-state index contributed by atoms with van der Waals surface area (Å²) in [6.45, 7) is 10.9. The number of hydrogen-bond acceptors (Lipinski definition) is 1. The van der Waals surface area contributed by atoms with Crippen molar-refractivity contribution in [1.82, 2.24) is 9.47 Å². The lowest BCUT2D eigenvalue weighted by molar-refractivity contribution is -0.883. The van der Waals surface area contributed by atoms with Gasteiger partial charge in [0, 0.05) is 16.6 Å². The number of nitrogens with zero attached hydrogens (tertiary/aromatic N) is 2. The molecule has 124 valence electrons. The fraction of sp³-hybridized carbons (Fsp3) is 0.526. The highest BCUT2D eigenvalue weighted by molar-refractivity contribution is 5.88. The van der Waals surface area contributed by atoms with Crippen LogP contribution < -0.4 is 4.90 Å². The smallest absolute Gasteiger partial charge is 0.242 e. The molecular weight excluding hydrogens is 286 g/mol. The number of amides is 1. The summed E-state index contributed by atoms with van der Waals surface area (Å²) >= 11 is 0. The molecule has 1 aromatic carbocycles. The second-order valence-corrected chi connectivity index (χ2v) is 7.09. The maximum Gasteiger partial charge on any atom is 0.242 e. The Labute approximate surface area is 138 Å². The predicted molar refractivity (Wildman–Crippen MR) is 94.0 cm³/mol. The lowest BCUT2D eigenvalue weighted by atomic mass is 10.00. The van der Waals surface area contributed by atoms with Gasteiger partial charge in [-0.1, -0.05) is 32.0 Å². The summed E-state index contributed by atoms with van der Waals surface area (Å²) in [5, 5.41) is 1.29. The van der Waals surface area contributed by atoms with E-state index in [0.29, 0.717) is 12.5 Å². The fourth-order valence-corrected chi connectivity index (χ4v) is 3.76. The average molecular weight is 314 g/mol. The van der Waals surface area contributed by atoms with Crippen molar-refractivity contribution in [3.8, 4) is 0 Å². The van der Waals surface area contributed by atoms with Gasteiger partial charge in [0.05, 0.1) is 33.2 Å². The Morgan fingerprint density at radius 3 is 2.52 bits per heavy atom. The van der Waals surface area contributed by atoms with E-state index in [4.69, 9.17) is 0 Å². The van der Waals surface area contributed by atoms with Crippen LogP contribution in [0.25, 0.3) is 10.9 Å². The highest BCUT2D eigenvalue weighted by Crippen LogP contribution is 2.31. The van der Waals surface area contributed by atoms with Crippen LogP contribution in [0.1, 0.15) is 31.0 Å². The van der Waals surface area contributed by atoms with E-state index in [2.05, 4.69) is 56.7 Å². The van der Waals surface area contributed by atoms with Gasteiger partial charge in [-0.05, 0) is 24.5 Å². The predicted octanol–water partition coefficient (Wildman–Crippen LogP) is 1.43. The first-order valence-corrected chi connectivity index (χ1v) is 8.66. The minimum Gasteiger partial charge on any atom is -0.335 e. The minimum atomic E-state index is 0.247. The van der Waals surface area contributed by atoms with Crippen molar-refractivity contribution in [1.29, 1.82) is 0 Å². The molecule has 2 aromatic rings. The van der Waals surface area contributed by atoms with Crippen molar-refractivity contribution in [3.63, 3.8) is 0 Å². The number of para-hydroxylation sites is 1. The quantitative estimate of drug-likeness (QED) is 0.912. The van der Waals surface area contributed by atoms with Gasteiger partial charge in [-0.25, -0.2) is 0 Å². The molecule has 1 aliphatic heterocycles. The zero-order valence-corrected chi connectivity index (χ0v) is 14.7. The highest BCUT2D eigenvalue weighted by Gasteiger charge is 2.23. The Bertz CT molecular complexity index is 709. The van der Waals surface area contributed by atoms with Crippen LogP contribution in [0, 0.1) is 6.92 Å². The second kappa shape index (κ2) is 6.36. The summed E-state index contributed by atoms with van der Waals surface area (Å²) in [7, 11) is 2.19. The van der Waals surface area contributed by atoms with Crippen LogP contribution in [-0.4, -0.2) is 48.6 Å². The number of piperazine rings is 1. The van der Waals surface area contributed by atoms with Crippen molar-refractivity contribution < 1.29 is 9.69 Å². The van der Waals surface area contributed by atoms with E-state index < -0.39 is 0 Å². The second-order valence-electron chi connectivity index (χ2n) is 7.09. The van der Waals surface area contributed by atoms with Gasteiger partial charge in [0.2, 0.25) is 5.91 Å². The molecule has 23 heavy (non-hydrogen) atoms. The van der Waals surface area contributed by atoms with Gasteiger partial charge < -0.3 is 14.4 Å². The van der Waals surface area contributed by atoms with E-state index in [-0.39, 0.29) is 5.91 Å². The molecule has 1 amide bonds. The standard InChI is InChI=1S/C19H27N3O/c1-14(2)19-15(3)22(17-8-6-5-7-16(17)19)13-18(23)21-11-9-20(4)10-12-21/h5-8,14H,9-13H2,1-4H3/p+1. The molecule has 4 heteroatoms. The number of rotatable bonds is 3. The summed E-state index contributed by atoms with van der Waals surface area (Å²) in [6.07, 6.45) is 0. The molecular formula is C19H28N3O+. The molecule has 0 spiro atoms. The van der Waals surface area contributed by atoms with Crippen LogP contribution >= 0.6 is 0 Å². The number of nitrogens with one attached hydrogen (secondary N) is 1. The number of benzene rings is 1. The molecule has 1 saturated heterocycles. The normalized spacial score (nSPS) is 16.5. The number of carbonyl (C=O) groups is 1. The van der Waals surface area contributed by atoms with Gasteiger partial charge >= 0.3 is 0 Å². The van der Waals surface area contributed by atoms with Gasteiger partial charge in [0.15, 0.2) is 0 Å². The minimum absolute atomic E-state index is 0.247. The van der Waals surface area contributed by atoms with Crippen molar-refractivity contribution in [3.05, 3.63) is 35.5 Å². The zero-order valence-electron chi connectivity index (χ0n) is 14.7. The summed E-state index contributed by atoms with van der Waals surface area (Å²) in [6, 6.07) is 8.46. The Hall–Kier alpha value is -1.81.